The second-order valence-corrected chi connectivity index (χ2v) is 4.38. The van der Waals surface area contributed by atoms with E-state index in [-0.39, 0.29) is 11.3 Å². The Hall–Kier alpha value is -2.56. The van der Waals surface area contributed by atoms with E-state index in [1.165, 1.54) is 30.5 Å². The van der Waals surface area contributed by atoms with E-state index in [0.29, 0.717) is 16.5 Å². The van der Waals surface area contributed by atoms with E-state index in [0.717, 1.165) is 6.20 Å². The molecule has 20 heavy (non-hydrogen) atoms. The van der Waals surface area contributed by atoms with Gasteiger partial charge in [-0.2, -0.15) is 0 Å². The van der Waals surface area contributed by atoms with E-state index in [9.17, 15) is 13.6 Å². The van der Waals surface area contributed by atoms with Crippen LogP contribution in [0.15, 0.2) is 41.1 Å². The molecule has 0 amide bonds. The quantitative estimate of drug-likeness (QED) is 0.669. The van der Waals surface area contributed by atoms with Gasteiger partial charge in [0.2, 0.25) is 5.78 Å². The lowest BCUT2D eigenvalue weighted by Gasteiger charge is -1.99. The Morgan fingerprint density at radius 3 is 2.80 bits per heavy atom. The van der Waals surface area contributed by atoms with E-state index in [1.54, 1.807) is 6.92 Å². The summed E-state index contributed by atoms with van der Waals surface area (Å²) in [4.78, 5) is 15.9. The smallest absolute Gasteiger partial charge is 0.231 e. The van der Waals surface area contributed by atoms with Crippen LogP contribution in [0.4, 0.5) is 8.78 Å². The van der Waals surface area contributed by atoms with Gasteiger partial charge in [-0.05, 0) is 31.2 Å². The maximum Gasteiger partial charge on any atom is 0.231 e. The van der Waals surface area contributed by atoms with E-state index in [2.05, 4.69) is 4.98 Å². The molecule has 2 aromatic heterocycles. The molecule has 0 fully saturated rings. The molecule has 0 spiro atoms. The number of carbonyl (C=O) groups excluding carboxylic acids is 1. The second-order valence-electron chi connectivity index (χ2n) is 4.38. The number of aryl methyl sites for hydroxylation is 1. The predicted octanol–water partition coefficient (Wildman–Crippen LogP) is 3.65. The maximum absolute atomic E-state index is 13.6. The van der Waals surface area contributed by atoms with Crippen LogP contribution in [0.1, 0.15) is 21.7 Å². The van der Waals surface area contributed by atoms with Crippen molar-refractivity contribution in [3.8, 4) is 0 Å². The molecule has 1 aromatic carbocycles. The number of fused-ring (bicyclic) bond motifs is 1. The minimum Gasteiger partial charge on any atom is -0.452 e. The first-order valence-electron chi connectivity index (χ1n) is 5.91. The van der Waals surface area contributed by atoms with Crippen molar-refractivity contribution in [3.05, 3.63) is 65.2 Å². The molecule has 3 rings (SSSR count). The zero-order valence-electron chi connectivity index (χ0n) is 10.5. The Bertz CT molecular complexity index is 824. The van der Waals surface area contributed by atoms with Gasteiger partial charge in [0.25, 0.3) is 0 Å². The summed E-state index contributed by atoms with van der Waals surface area (Å²) in [6.45, 7) is 1.64. The van der Waals surface area contributed by atoms with Crippen LogP contribution in [0.5, 0.6) is 0 Å². The highest BCUT2D eigenvalue weighted by molar-refractivity contribution is 6.10. The average molecular weight is 273 g/mol. The minimum absolute atomic E-state index is 0.00991. The van der Waals surface area contributed by atoms with Crippen molar-refractivity contribution in [3.63, 3.8) is 0 Å². The average Bonchev–Trinajstić information content (AvgIpc) is 2.76. The zero-order chi connectivity index (χ0) is 14.3. The lowest BCUT2D eigenvalue weighted by Crippen LogP contribution is -2.04. The molecule has 0 bridgehead atoms. The fourth-order valence-corrected chi connectivity index (χ4v) is 2.09. The molecule has 0 radical (unpaired) electrons. The van der Waals surface area contributed by atoms with Gasteiger partial charge in [0, 0.05) is 17.1 Å². The molecule has 0 aliphatic carbocycles. The Balaban J connectivity index is 2.18. The molecule has 2 heterocycles. The van der Waals surface area contributed by atoms with Gasteiger partial charge in [0.1, 0.15) is 11.4 Å². The van der Waals surface area contributed by atoms with E-state index in [1.807, 2.05) is 0 Å². The van der Waals surface area contributed by atoms with Gasteiger partial charge < -0.3 is 4.42 Å². The molecule has 0 unspecified atom stereocenters. The Morgan fingerprint density at radius 1 is 1.25 bits per heavy atom. The van der Waals surface area contributed by atoms with Crippen molar-refractivity contribution < 1.29 is 18.0 Å². The van der Waals surface area contributed by atoms with Crippen LogP contribution in [-0.4, -0.2) is 10.8 Å². The highest BCUT2D eigenvalue weighted by Crippen LogP contribution is 2.28. The fraction of sp³-hybridized carbons (Fsp3) is 0.0667. The van der Waals surface area contributed by atoms with Crippen molar-refractivity contribution in [2.24, 2.45) is 0 Å². The van der Waals surface area contributed by atoms with Gasteiger partial charge in [-0.15, -0.1) is 0 Å². The number of benzene rings is 1. The summed E-state index contributed by atoms with van der Waals surface area (Å²) in [5, 5.41) is 0.503. The molecule has 0 N–H and O–H groups in total. The van der Waals surface area contributed by atoms with E-state index < -0.39 is 17.4 Å². The SMILES string of the molecule is Cc1c(C(=O)c2ccncc2F)oc2ccc(F)cc12. The predicted molar refractivity (Wildman–Crippen MR) is 68.5 cm³/mol. The van der Waals surface area contributed by atoms with Crippen LogP contribution in [0.25, 0.3) is 11.0 Å². The number of pyridine rings is 1. The zero-order valence-corrected chi connectivity index (χ0v) is 10.5. The van der Waals surface area contributed by atoms with Gasteiger partial charge in [-0.3, -0.25) is 9.78 Å². The number of rotatable bonds is 2. The summed E-state index contributed by atoms with van der Waals surface area (Å²) in [7, 11) is 0. The van der Waals surface area contributed by atoms with Crippen LogP contribution in [0, 0.1) is 18.6 Å². The monoisotopic (exact) mass is 273 g/mol. The first kappa shape index (κ1) is 12.5. The molecule has 0 aliphatic rings. The summed E-state index contributed by atoms with van der Waals surface area (Å²) < 4.78 is 32.2. The van der Waals surface area contributed by atoms with Gasteiger partial charge in [0.05, 0.1) is 11.8 Å². The first-order chi connectivity index (χ1) is 9.58. The minimum atomic E-state index is -0.719. The topological polar surface area (TPSA) is 43.1 Å². The largest absolute Gasteiger partial charge is 0.452 e. The number of hydrogen-bond donors (Lipinski definition) is 0. The van der Waals surface area contributed by atoms with Crippen molar-refractivity contribution >= 4 is 16.8 Å². The number of nitrogens with zero attached hydrogens (tertiary/aromatic N) is 1. The number of halogens is 2. The van der Waals surface area contributed by atoms with Crippen molar-refractivity contribution in [1.29, 1.82) is 0 Å². The van der Waals surface area contributed by atoms with Gasteiger partial charge in [-0.1, -0.05) is 0 Å². The van der Waals surface area contributed by atoms with Crippen molar-refractivity contribution in [2.75, 3.05) is 0 Å². The van der Waals surface area contributed by atoms with Crippen LogP contribution in [0.3, 0.4) is 0 Å². The lowest BCUT2D eigenvalue weighted by atomic mass is 10.1. The van der Waals surface area contributed by atoms with E-state index in [4.69, 9.17) is 4.42 Å². The van der Waals surface area contributed by atoms with Crippen molar-refractivity contribution in [1.82, 2.24) is 4.98 Å². The van der Waals surface area contributed by atoms with Crippen LogP contribution in [-0.2, 0) is 0 Å². The summed E-state index contributed by atoms with van der Waals surface area (Å²) in [5.41, 5.74) is 0.755. The van der Waals surface area contributed by atoms with Gasteiger partial charge in [0.15, 0.2) is 11.6 Å². The normalized spacial score (nSPS) is 10.9. The highest BCUT2D eigenvalue weighted by Gasteiger charge is 2.22. The molecule has 0 saturated carbocycles. The first-order valence-corrected chi connectivity index (χ1v) is 5.91. The molecular weight excluding hydrogens is 264 g/mol. The highest BCUT2D eigenvalue weighted by atomic mass is 19.1. The molecule has 0 saturated heterocycles. The Labute approximate surface area is 112 Å². The number of hydrogen-bond acceptors (Lipinski definition) is 3. The number of furan rings is 1. The molecule has 5 heteroatoms. The summed E-state index contributed by atoms with van der Waals surface area (Å²) >= 11 is 0. The summed E-state index contributed by atoms with van der Waals surface area (Å²) in [6, 6.07) is 5.25. The molecule has 0 atom stereocenters. The van der Waals surface area contributed by atoms with Gasteiger partial charge >= 0.3 is 0 Å². The molecule has 3 aromatic rings. The molecule has 0 aliphatic heterocycles. The van der Waals surface area contributed by atoms with Gasteiger partial charge in [-0.25, -0.2) is 8.78 Å². The lowest BCUT2D eigenvalue weighted by molar-refractivity contribution is 0.101. The Morgan fingerprint density at radius 2 is 2.05 bits per heavy atom. The van der Waals surface area contributed by atoms with Crippen LogP contribution in [0.2, 0.25) is 0 Å². The molecule has 100 valence electrons. The van der Waals surface area contributed by atoms with E-state index >= 15 is 0 Å². The number of carbonyl (C=O) groups is 1. The van der Waals surface area contributed by atoms with Crippen LogP contribution >= 0.6 is 0 Å². The number of ketones is 1. The van der Waals surface area contributed by atoms with Crippen LogP contribution < -0.4 is 0 Å². The van der Waals surface area contributed by atoms with Crippen molar-refractivity contribution in [2.45, 2.75) is 6.92 Å². The molecule has 3 nitrogen and oxygen atoms in total. The number of aromatic nitrogens is 1. The Kier molecular flexibility index (Phi) is 2.82. The molecular formula is C15H9F2NO2. The summed E-state index contributed by atoms with van der Waals surface area (Å²) in [5.74, 6) is -1.71. The summed E-state index contributed by atoms with van der Waals surface area (Å²) in [6.07, 6.45) is 2.29. The third-order valence-corrected chi connectivity index (χ3v) is 3.12. The standard InChI is InChI=1S/C15H9F2NO2/c1-8-11-6-9(16)2-3-13(11)20-15(8)14(19)10-4-5-18-7-12(10)17/h2-7H,1H3. The second kappa shape index (κ2) is 4.52. The maximum atomic E-state index is 13.6. The third-order valence-electron chi connectivity index (χ3n) is 3.12. The third kappa shape index (κ3) is 1.87. The fourth-order valence-electron chi connectivity index (χ4n) is 2.09.